The lowest BCUT2D eigenvalue weighted by Crippen LogP contribution is -2.08. The molecule has 5 heteroatoms. The molecule has 0 heterocycles. The highest BCUT2D eigenvalue weighted by Gasteiger charge is 2.08. The Bertz CT molecular complexity index is 588. The number of para-hydroxylation sites is 1. The van der Waals surface area contributed by atoms with Crippen LogP contribution in [0, 0.1) is 5.82 Å². The standard InChI is InChI=1S/C25H39FO4/c1-2-3-4-5-8-11-16-21-29-24(27)19-12-9-6-7-10-13-20-25(28)30-23-18-15-14-17-22(23)26/h14-15,17-18H,2-13,16,19-21H2,1H3. The molecule has 30 heavy (non-hydrogen) atoms. The van der Waals surface area contributed by atoms with Gasteiger partial charge in [0.15, 0.2) is 11.6 Å². The largest absolute Gasteiger partial charge is 0.466 e. The molecule has 0 N–H and O–H groups in total. The lowest BCUT2D eigenvalue weighted by atomic mass is 10.1. The number of hydrogen-bond acceptors (Lipinski definition) is 4. The van der Waals surface area contributed by atoms with Crippen LogP contribution in [0.1, 0.15) is 103 Å². The van der Waals surface area contributed by atoms with Gasteiger partial charge in [-0.15, -0.1) is 0 Å². The minimum absolute atomic E-state index is 0.0126. The molecule has 4 nitrogen and oxygen atoms in total. The maximum Gasteiger partial charge on any atom is 0.311 e. The second-order valence-corrected chi connectivity index (χ2v) is 7.87. The predicted molar refractivity (Wildman–Crippen MR) is 118 cm³/mol. The number of hydrogen-bond donors (Lipinski definition) is 0. The number of unbranched alkanes of at least 4 members (excludes halogenated alkanes) is 11. The van der Waals surface area contributed by atoms with Crippen LogP contribution in [-0.4, -0.2) is 18.5 Å². The van der Waals surface area contributed by atoms with Crippen LogP contribution in [0.15, 0.2) is 24.3 Å². The molecule has 0 aliphatic heterocycles. The summed E-state index contributed by atoms with van der Waals surface area (Å²) in [6, 6.07) is 5.92. The highest BCUT2D eigenvalue weighted by Crippen LogP contribution is 2.17. The van der Waals surface area contributed by atoms with E-state index in [1.807, 2.05) is 0 Å². The molecule has 1 rings (SSSR count). The van der Waals surface area contributed by atoms with Crippen molar-refractivity contribution < 1.29 is 23.5 Å². The molecule has 1 aromatic carbocycles. The van der Waals surface area contributed by atoms with Crippen molar-refractivity contribution in [3.63, 3.8) is 0 Å². The molecule has 0 fully saturated rings. The van der Waals surface area contributed by atoms with Gasteiger partial charge in [-0.25, -0.2) is 4.39 Å². The summed E-state index contributed by atoms with van der Waals surface area (Å²) >= 11 is 0. The maximum absolute atomic E-state index is 13.4. The van der Waals surface area contributed by atoms with Gasteiger partial charge in [0.1, 0.15) is 0 Å². The van der Waals surface area contributed by atoms with Gasteiger partial charge < -0.3 is 9.47 Å². The van der Waals surface area contributed by atoms with Crippen LogP contribution in [0.4, 0.5) is 4.39 Å². The summed E-state index contributed by atoms with van der Waals surface area (Å²) < 4.78 is 23.7. The molecule has 0 unspecified atom stereocenters. The third-order valence-electron chi connectivity index (χ3n) is 5.08. The first-order valence-corrected chi connectivity index (χ1v) is 11.7. The molecular formula is C25H39FO4. The van der Waals surface area contributed by atoms with Gasteiger partial charge in [-0.3, -0.25) is 9.59 Å². The van der Waals surface area contributed by atoms with E-state index in [2.05, 4.69) is 6.92 Å². The minimum Gasteiger partial charge on any atom is -0.466 e. The minimum atomic E-state index is -0.521. The molecule has 0 bridgehead atoms. The Morgan fingerprint density at radius 2 is 1.27 bits per heavy atom. The quantitative estimate of drug-likeness (QED) is 0.143. The van der Waals surface area contributed by atoms with Gasteiger partial charge in [0.05, 0.1) is 6.61 Å². The molecule has 0 radical (unpaired) electrons. The second kappa shape index (κ2) is 17.9. The summed E-state index contributed by atoms with van der Waals surface area (Å²) in [5, 5.41) is 0. The van der Waals surface area contributed by atoms with Crippen LogP contribution in [0.3, 0.4) is 0 Å². The second-order valence-electron chi connectivity index (χ2n) is 7.87. The Labute approximate surface area is 181 Å². The highest BCUT2D eigenvalue weighted by atomic mass is 19.1. The first kappa shape index (κ1) is 26.1. The molecule has 0 aliphatic rings. The van der Waals surface area contributed by atoms with Crippen molar-refractivity contribution in [3.05, 3.63) is 30.1 Å². The van der Waals surface area contributed by atoms with Crippen LogP contribution in [-0.2, 0) is 14.3 Å². The average molecular weight is 423 g/mol. The van der Waals surface area contributed by atoms with E-state index in [0.717, 1.165) is 51.4 Å². The fourth-order valence-electron chi connectivity index (χ4n) is 3.26. The molecule has 0 saturated carbocycles. The van der Waals surface area contributed by atoms with Gasteiger partial charge in [0.25, 0.3) is 0 Å². The van der Waals surface area contributed by atoms with Crippen molar-refractivity contribution in [2.24, 2.45) is 0 Å². The normalized spacial score (nSPS) is 10.7. The van der Waals surface area contributed by atoms with Crippen molar-refractivity contribution in [1.29, 1.82) is 0 Å². The molecule has 0 spiro atoms. The summed E-state index contributed by atoms with van der Waals surface area (Å²) in [6.07, 6.45) is 14.9. The van der Waals surface area contributed by atoms with E-state index in [9.17, 15) is 14.0 Å². The third-order valence-corrected chi connectivity index (χ3v) is 5.08. The number of esters is 2. The predicted octanol–water partition coefficient (Wildman–Crippen LogP) is 7.15. The Balaban J connectivity index is 1.87. The first-order chi connectivity index (χ1) is 14.6. The number of rotatable bonds is 18. The van der Waals surface area contributed by atoms with Gasteiger partial charge in [-0.05, 0) is 31.4 Å². The van der Waals surface area contributed by atoms with Crippen LogP contribution in [0.2, 0.25) is 0 Å². The van der Waals surface area contributed by atoms with E-state index in [0.29, 0.717) is 19.4 Å². The van der Waals surface area contributed by atoms with E-state index >= 15 is 0 Å². The van der Waals surface area contributed by atoms with Crippen LogP contribution in [0.5, 0.6) is 5.75 Å². The smallest absolute Gasteiger partial charge is 0.311 e. The van der Waals surface area contributed by atoms with E-state index in [1.54, 1.807) is 12.1 Å². The SMILES string of the molecule is CCCCCCCCCOC(=O)CCCCCCCCC(=O)Oc1ccccc1F. The van der Waals surface area contributed by atoms with E-state index in [1.165, 1.54) is 44.2 Å². The number of carbonyl (C=O) groups is 2. The Kier molecular flexibility index (Phi) is 15.6. The average Bonchev–Trinajstić information content (AvgIpc) is 2.73. The molecule has 0 amide bonds. The number of benzene rings is 1. The van der Waals surface area contributed by atoms with Crippen LogP contribution < -0.4 is 4.74 Å². The van der Waals surface area contributed by atoms with Crippen molar-refractivity contribution in [3.8, 4) is 5.75 Å². The van der Waals surface area contributed by atoms with Gasteiger partial charge >= 0.3 is 11.9 Å². The topological polar surface area (TPSA) is 52.6 Å². The van der Waals surface area contributed by atoms with Crippen LogP contribution in [0.25, 0.3) is 0 Å². The van der Waals surface area contributed by atoms with Crippen molar-refractivity contribution in [2.75, 3.05) is 6.61 Å². The number of ether oxygens (including phenoxy) is 2. The first-order valence-electron chi connectivity index (χ1n) is 11.7. The monoisotopic (exact) mass is 422 g/mol. The van der Waals surface area contributed by atoms with Gasteiger partial charge in [0, 0.05) is 12.8 Å². The van der Waals surface area contributed by atoms with E-state index < -0.39 is 11.8 Å². The van der Waals surface area contributed by atoms with Crippen molar-refractivity contribution in [1.82, 2.24) is 0 Å². The fourth-order valence-corrected chi connectivity index (χ4v) is 3.26. The van der Waals surface area contributed by atoms with E-state index in [-0.39, 0.29) is 11.7 Å². The summed E-state index contributed by atoms with van der Waals surface area (Å²) in [5.41, 5.74) is 0. The molecule has 0 atom stereocenters. The summed E-state index contributed by atoms with van der Waals surface area (Å²) in [4.78, 5) is 23.4. The van der Waals surface area contributed by atoms with Gasteiger partial charge in [0.2, 0.25) is 0 Å². The summed E-state index contributed by atoms with van der Waals surface area (Å²) in [5.74, 6) is -1.02. The van der Waals surface area contributed by atoms with Gasteiger partial charge in [-0.2, -0.15) is 0 Å². The van der Waals surface area contributed by atoms with E-state index in [4.69, 9.17) is 9.47 Å². The molecule has 0 aromatic heterocycles. The highest BCUT2D eigenvalue weighted by molar-refractivity contribution is 5.72. The lowest BCUT2D eigenvalue weighted by molar-refractivity contribution is -0.144. The third kappa shape index (κ3) is 14.1. The van der Waals surface area contributed by atoms with Crippen molar-refractivity contribution >= 4 is 11.9 Å². The molecule has 0 saturated heterocycles. The fraction of sp³-hybridized carbons (Fsp3) is 0.680. The molecule has 1 aromatic rings. The zero-order valence-electron chi connectivity index (χ0n) is 18.6. The number of carbonyl (C=O) groups excluding carboxylic acids is 2. The Morgan fingerprint density at radius 3 is 1.90 bits per heavy atom. The summed E-state index contributed by atoms with van der Waals surface area (Å²) in [7, 11) is 0. The van der Waals surface area contributed by atoms with Crippen molar-refractivity contribution in [2.45, 2.75) is 103 Å². The Hall–Kier alpha value is -1.91. The number of halogens is 1. The molecule has 0 aliphatic carbocycles. The van der Waals surface area contributed by atoms with Crippen LogP contribution >= 0.6 is 0 Å². The zero-order valence-corrected chi connectivity index (χ0v) is 18.6. The van der Waals surface area contributed by atoms with Gasteiger partial charge in [-0.1, -0.05) is 83.3 Å². The molecular weight excluding hydrogens is 383 g/mol. The maximum atomic E-state index is 13.4. The summed E-state index contributed by atoms with van der Waals surface area (Å²) in [6.45, 7) is 2.77. The Morgan fingerprint density at radius 1 is 0.733 bits per heavy atom. The molecule has 170 valence electrons. The lowest BCUT2D eigenvalue weighted by Gasteiger charge is -2.06. The zero-order chi connectivity index (χ0) is 21.9.